The van der Waals surface area contributed by atoms with E-state index in [1.165, 1.54) is 0 Å². The van der Waals surface area contributed by atoms with Crippen molar-refractivity contribution in [1.82, 2.24) is 9.97 Å². The predicted molar refractivity (Wildman–Crippen MR) is 46.8 cm³/mol. The van der Waals surface area contributed by atoms with Gasteiger partial charge < -0.3 is 9.78 Å². The molecule has 0 aliphatic carbocycles. The first-order valence-electron chi connectivity index (χ1n) is 4.03. The van der Waals surface area contributed by atoms with E-state index in [0.29, 0.717) is 0 Å². The first-order chi connectivity index (χ1) is 5.59. The Morgan fingerprint density at radius 2 is 2.33 bits per heavy atom. The largest absolute Gasteiger partial charge is 0.351 e. The molecule has 1 heterocycles. The van der Waals surface area contributed by atoms with E-state index in [0.717, 1.165) is 12.0 Å². The number of carbonyl (C=O) groups is 1. The highest BCUT2D eigenvalue weighted by atomic mass is 16.1. The molecule has 0 amide bonds. The number of nitrogens with one attached hydrogen (secondary N) is 1. The fraction of sp³-hybridized carbons (Fsp3) is 0.556. The van der Waals surface area contributed by atoms with Crippen LogP contribution in [0.1, 0.15) is 26.5 Å². The van der Waals surface area contributed by atoms with E-state index >= 15 is 0 Å². The van der Waals surface area contributed by atoms with Crippen LogP contribution in [0.2, 0.25) is 0 Å². The van der Waals surface area contributed by atoms with Gasteiger partial charge in [-0.1, -0.05) is 20.8 Å². The topological polar surface area (TPSA) is 45.8 Å². The van der Waals surface area contributed by atoms with E-state index in [2.05, 4.69) is 9.97 Å². The average Bonchev–Trinajstić information content (AvgIpc) is 2.55. The number of aldehydes is 1. The van der Waals surface area contributed by atoms with Gasteiger partial charge in [-0.25, -0.2) is 4.98 Å². The van der Waals surface area contributed by atoms with Gasteiger partial charge in [0.25, 0.3) is 0 Å². The minimum absolute atomic E-state index is 0.0131. The number of hydrogen-bond donors (Lipinski definition) is 1. The van der Waals surface area contributed by atoms with Gasteiger partial charge in [-0.2, -0.15) is 0 Å². The zero-order valence-electron chi connectivity index (χ0n) is 7.66. The summed E-state index contributed by atoms with van der Waals surface area (Å²) in [6.07, 6.45) is 4.43. The van der Waals surface area contributed by atoms with Crippen LogP contribution in [0, 0.1) is 5.92 Å². The average molecular weight is 166 g/mol. The van der Waals surface area contributed by atoms with Gasteiger partial charge in [0.2, 0.25) is 0 Å². The number of nitrogens with zero attached hydrogens (tertiary/aromatic N) is 1. The lowest BCUT2D eigenvalue weighted by atomic mass is 9.78. The molecule has 0 unspecified atom stereocenters. The summed E-state index contributed by atoms with van der Waals surface area (Å²) in [5.41, 5.74) is 0.754. The lowest BCUT2D eigenvalue weighted by Crippen LogP contribution is -2.27. The molecule has 1 N–H and O–H groups in total. The van der Waals surface area contributed by atoms with Crippen molar-refractivity contribution in [2.45, 2.75) is 26.2 Å². The molecule has 1 rings (SSSR count). The Hall–Kier alpha value is -1.12. The molecule has 0 bridgehead atoms. The standard InChI is InChI=1S/C9H14N2O/c1-7(5-12)9(2,3)8-4-10-6-11-8/h4-7H,1-3H3,(H,10,11)/t7-/m1/s1. The molecule has 0 saturated carbocycles. The minimum Gasteiger partial charge on any atom is -0.351 e. The van der Waals surface area contributed by atoms with E-state index in [1.54, 1.807) is 6.33 Å². The smallest absolute Gasteiger partial charge is 0.123 e. The number of H-pyrrole nitrogens is 1. The highest BCUT2D eigenvalue weighted by Crippen LogP contribution is 2.28. The van der Waals surface area contributed by atoms with Crippen LogP contribution in [0.25, 0.3) is 0 Å². The van der Waals surface area contributed by atoms with Crippen molar-refractivity contribution in [2.24, 2.45) is 5.92 Å². The minimum atomic E-state index is -0.179. The molecule has 0 saturated heterocycles. The molecule has 12 heavy (non-hydrogen) atoms. The molecule has 3 nitrogen and oxygen atoms in total. The number of aromatic amines is 1. The van der Waals surface area contributed by atoms with Crippen LogP contribution in [-0.4, -0.2) is 16.3 Å². The van der Waals surface area contributed by atoms with Crippen LogP contribution >= 0.6 is 0 Å². The maximum Gasteiger partial charge on any atom is 0.123 e. The number of aromatic nitrogens is 2. The SMILES string of the molecule is C[C@H](C=O)C(C)(C)c1c[nH]cn1. The molecule has 0 fully saturated rings. The fourth-order valence-electron chi connectivity index (χ4n) is 1.02. The van der Waals surface area contributed by atoms with Crippen LogP contribution in [0.3, 0.4) is 0 Å². The number of imidazole rings is 1. The summed E-state index contributed by atoms with van der Waals surface area (Å²) in [5, 5.41) is 0. The zero-order valence-corrected chi connectivity index (χ0v) is 7.66. The molecular weight excluding hydrogens is 152 g/mol. The van der Waals surface area contributed by atoms with E-state index in [4.69, 9.17) is 0 Å². The van der Waals surface area contributed by atoms with Gasteiger partial charge in [0.1, 0.15) is 6.29 Å². The van der Waals surface area contributed by atoms with E-state index in [1.807, 2.05) is 27.0 Å². The summed E-state index contributed by atoms with van der Waals surface area (Å²) in [4.78, 5) is 17.6. The first kappa shape index (κ1) is 8.97. The predicted octanol–water partition coefficient (Wildman–Crippen LogP) is 1.52. The Bertz CT molecular complexity index is 252. The van der Waals surface area contributed by atoms with Crippen molar-refractivity contribution >= 4 is 6.29 Å². The molecule has 0 aliphatic rings. The van der Waals surface area contributed by atoms with Gasteiger partial charge in [0.05, 0.1) is 12.0 Å². The van der Waals surface area contributed by atoms with Crippen molar-refractivity contribution < 1.29 is 4.79 Å². The third-order valence-electron chi connectivity index (χ3n) is 2.50. The van der Waals surface area contributed by atoms with Crippen LogP contribution in [0.4, 0.5) is 0 Å². The van der Waals surface area contributed by atoms with Gasteiger partial charge in [0.15, 0.2) is 0 Å². The van der Waals surface area contributed by atoms with Crippen molar-refractivity contribution in [1.29, 1.82) is 0 Å². The van der Waals surface area contributed by atoms with Crippen LogP contribution < -0.4 is 0 Å². The van der Waals surface area contributed by atoms with Crippen LogP contribution in [0.5, 0.6) is 0 Å². The zero-order chi connectivity index (χ0) is 9.19. The summed E-state index contributed by atoms with van der Waals surface area (Å²) in [7, 11) is 0. The summed E-state index contributed by atoms with van der Waals surface area (Å²) >= 11 is 0. The Kier molecular flexibility index (Phi) is 2.31. The molecule has 0 spiro atoms. The third-order valence-corrected chi connectivity index (χ3v) is 2.50. The molecule has 3 heteroatoms. The van der Waals surface area contributed by atoms with Gasteiger partial charge >= 0.3 is 0 Å². The number of hydrogen-bond acceptors (Lipinski definition) is 2. The summed E-state index contributed by atoms with van der Waals surface area (Å²) in [6.45, 7) is 5.94. The highest BCUT2D eigenvalue weighted by Gasteiger charge is 2.29. The van der Waals surface area contributed by atoms with Crippen LogP contribution in [-0.2, 0) is 10.2 Å². The van der Waals surface area contributed by atoms with Gasteiger partial charge in [0, 0.05) is 17.5 Å². The highest BCUT2D eigenvalue weighted by molar-refractivity contribution is 5.56. The van der Waals surface area contributed by atoms with Gasteiger partial charge in [-0.3, -0.25) is 0 Å². The fourth-order valence-corrected chi connectivity index (χ4v) is 1.02. The second-order valence-electron chi connectivity index (χ2n) is 3.60. The summed E-state index contributed by atoms with van der Waals surface area (Å²) < 4.78 is 0. The third kappa shape index (κ3) is 1.40. The molecular formula is C9H14N2O. The first-order valence-corrected chi connectivity index (χ1v) is 4.03. The summed E-state index contributed by atoms with van der Waals surface area (Å²) in [6, 6.07) is 0. The van der Waals surface area contributed by atoms with Gasteiger partial charge in [-0.05, 0) is 0 Å². The molecule has 1 atom stereocenters. The Morgan fingerprint density at radius 1 is 1.67 bits per heavy atom. The van der Waals surface area contributed by atoms with Crippen molar-refractivity contribution in [3.63, 3.8) is 0 Å². The van der Waals surface area contributed by atoms with Crippen molar-refractivity contribution in [2.75, 3.05) is 0 Å². The molecule has 0 radical (unpaired) electrons. The Labute approximate surface area is 72.2 Å². The van der Waals surface area contributed by atoms with Gasteiger partial charge in [-0.15, -0.1) is 0 Å². The lowest BCUT2D eigenvalue weighted by molar-refractivity contribution is -0.112. The van der Waals surface area contributed by atoms with Crippen LogP contribution in [0.15, 0.2) is 12.5 Å². The number of carbonyl (C=O) groups excluding carboxylic acids is 1. The monoisotopic (exact) mass is 166 g/mol. The molecule has 0 aliphatic heterocycles. The van der Waals surface area contributed by atoms with Crippen molar-refractivity contribution in [3.05, 3.63) is 18.2 Å². The second-order valence-corrected chi connectivity index (χ2v) is 3.60. The molecule has 0 aromatic carbocycles. The molecule has 1 aromatic heterocycles. The van der Waals surface area contributed by atoms with E-state index in [9.17, 15) is 4.79 Å². The summed E-state index contributed by atoms with van der Waals surface area (Å²) in [5.74, 6) is -0.0131. The molecule has 1 aromatic rings. The quantitative estimate of drug-likeness (QED) is 0.692. The van der Waals surface area contributed by atoms with Crippen molar-refractivity contribution in [3.8, 4) is 0 Å². The maximum atomic E-state index is 10.6. The Morgan fingerprint density at radius 3 is 2.75 bits per heavy atom. The second kappa shape index (κ2) is 3.09. The van der Waals surface area contributed by atoms with E-state index in [-0.39, 0.29) is 11.3 Å². The number of rotatable bonds is 3. The maximum absolute atomic E-state index is 10.6. The Balaban J connectivity index is 2.93. The lowest BCUT2D eigenvalue weighted by Gasteiger charge is -2.25. The van der Waals surface area contributed by atoms with E-state index < -0.39 is 0 Å². The molecule has 66 valence electrons. The normalized spacial score (nSPS) is 14.2.